The van der Waals surface area contributed by atoms with Crippen molar-refractivity contribution in [2.45, 2.75) is 0 Å². The van der Waals surface area contributed by atoms with Gasteiger partial charge < -0.3 is 4.74 Å². The molecule has 0 bridgehead atoms. The third-order valence-electron chi connectivity index (χ3n) is 1.40. The average Bonchev–Trinajstić information content (AvgIpc) is 2.18. The normalized spacial score (nSPS) is 9.38. The van der Waals surface area contributed by atoms with Crippen LogP contribution in [-0.4, -0.2) is 25.1 Å². The van der Waals surface area contributed by atoms with Crippen LogP contribution in [0.5, 0.6) is 5.88 Å². The molecule has 1 rings (SSSR count). The van der Waals surface area contributed by atoms with Gasteiger partial charge in [0.15, 0.2) is 0 Å². The standard InChI is InChI=1S/C8H10N2O3/c1-12-7-4-3-6(5-9-7)8(11)10-13-2/h3-5H,1-2H3,(H,10,11). The first-order valence-corrected chi connectivity index (χ1v) is 3.61. The minimum Gasteiger partial charge on any atom is -0.481 e. The quantitative estimate of drug-likeness (QED) is 0.686. The van der Waals surface area contributed by atoms with Crippen molar-refractivity contribution in [2.75, 3.05) is 14.2 Å². The second-order valence-corrected chi connectivity index (χ2v) is 2.22. The number of hydroxylamine groups is 1. The molecule has 0 aliphatic rings. The maximum Gasteiger partial charge on any atom is 0.276 e. The molecule has 0 unspecified atom stereocenters. The Bertz CT molecular complexity index is 284. The van der Waals surface area contributed by atoms with E-state index >= 15 is 0 Å². The van der Waals surface area contributed by atoms with Crippen molar-refractivity contribution in [1.29, 1.82) is 0 Å². The summed E-state index contributed by atoms with van der Waals surface area (Å²) in [6, 6.07) is 3.20. The molecule has 13 heavy (non-hydrogen) atoms. The molecule has 0 spiro atoms. The number of methoxy groups -OCH3 is 1. The number of carbonyl (C=O) groups is 1. The Kier molecular flexibility index (Phi) is 3.22. The van der Waals surface area contributed by atoms with Gasteiger partial charge in [0.25, 0.3) is 5.91 Å². The van der Waals surface area contributed by atoms with Crippen molar-refractivity contribution in [3.63, 3.8) is 0 Å². The first-order chi connectivity index (χ1) is 6.27. The van der Waals surface area contributed by atoms with E-state index in [2.05, 4.69) is 15.3 Å². The fourth-order valence-corrected chi connectivity index (χ4v) is 0.787. The Labute approximate surface area is 75.6 Å². The second kappa shape index (κ2) is 4.42. The molecule has 5 nitrogen and oxygen atoms in total. The zero-order chi connectivity index (χ0) is 9.68. The number of carbonyl (C=O) groups excluding carboxylic acids is 1. The maximum absolute atomic E-state index is 11.1. The van der Waals surface area contributed by atoms with Crippen LogP contribution in [0.15, 0.2) is 18.3 Å². The van der Waals surface area contributed by atoms with Gasteiger partial charge in [-0.3, -0.25) is 9.63 Å². The molecule has 1 aromatic heterocycles. The van der Waals surface area contributed by atoms with Gasteiger partial charge >= 0.3 is 0 Å². The lowest BCUT2D eigenvalue weighted by molar-refractivity contribution is 0.0537. The lowest BCUT2D eigenvalue weighted by atomic mass is 10.3. The largest absolute Gasteiger partial charge is 0.481 e. The molecule has 1 aromatic rings. The van der Waals surface area contributed by atoms with E-state index in [1.54, 1.807) is 12.1 Å². The summed E-state index contributed by atoms with van der Waals surface area (Å²) in [6.45, 7) is 0. The summed E-state index contributed by atoms with van der Waals surface area (Å²) in [5.41, 5.74) is 2.60. The summed E-state index contributed by atoms with van der Waals surface area (Å²) in [7, 11) is 2.88. The van der Waals surface area contributed by atoms with Gasteiger partial charge in [0.2, 0.25) is 5.88 Å². The smallest absolute Gasteiger partial charge is 0.276 e. The fourth-order valence-electron chi connectivity index (χ4n) is 0.787. The Morgan fingerprint density at radius 3 is 2.69 bits per heavy atom. The Balaban J connectivity index is 2.74. The van der Waals surface area contributed by atoms with Gasteiger partial charge in [-0.15, -0.1) is 0 Å². The predicted molar refractivity (Wildman–Crippen MR) is 45.3 cm³/mol. The molecule has 0 aliphatic carbocycles. The number of rotatable bonds is 3. The molecule has 0 saturated carbocycles. The number of nitrogens with zero attached hydrogens (tertiary/aromatic N) is 1. The second-order valence-electron chi connectivity index (χ2n) is 2.22. The van der Waals surface area contributed by atoms with E-state index in [0.717, 1.165) is 0 Å². The summed E-state index contributed by atoms with van der Waals surface area (Å²) in [6.07, 6.45) is 1.41. The highest BCUT2D eigenvalue weighted by Gasteiger charge is 2.04. The molecule has 1 heterocycles. The summed E-state index contributed by atoms with van der Waals surface area (Å²) in [4.78, 5) is 19.4. The monoisotopic (exact) mass is 182 g/mol. The Morgan fingerprint density at radius 1 is 1.46 bits per heavy atom. The van der Waals surface area contributed by atoms with Crippen molar-refractivity contribution in [3.8, 4) is 5.88 Å². The summed E-state index contributed by atoms with van der Waals surface area (Å²) in [5, 5.41) is 0. The number of hydrogen-bond donors (Lipinski definition) is 1. The SMILES string of the molecule is CONC(=O)c1ccc(OC)nc1. The molecule has 70 valence electrons. The van der Waals surface area contributed by atoms with Crippen LogP contribution < -0.4 is 10.2 Å². The molecule has 1 amide bonds. The molecule has 0 fully saturated rings. The van der Waals surface area contributed by atoms with E-state index in [0.29, 0.717) is 11.4 Å². The van der Waals surface area contributed by atoms with Gasteiger partial charge in [0.05, 0.1) is 19.8 Å². The predicted octanol–water partition coefficient (Wildman–Crippen LogP) is 0.381. The molecule has 0 atom stereocenters. The third kappa shape index (κ3) is 2.41. The highest BCUT2D eigenvalue weighted by molar-refractivity contribution is 5.93. The number of ether oxygens (including phenoxy) is 1. The van der Waals surface area contributed by atoms with Crippen LogP contribution in [0.25, 0.3) is 0 Å². The van der Waals surface area contributed by atoms with Gasteiger partial charge in [0, 0.05) is 12.3 Å². The zero-order valence-electron chi connectivity index (χ0n) is 7.40. The van der Waals surface area contributed by atoms with Crippen LogP contribution >= 0.6 is 0 Å². The first-order valence-electron chi connectivity index (χ1n) is 3.61. The topological polar surface area (TPSA) is 60.5 Å². The van der Waals surface area contributed by atoms with Crippen LogP contribution in [-0.2, 0) is 4.84 Å². The molecule has 0 radical (unpaired) electrons. The first kappa shape index (κ1) is 9.47. The lowest BCUT2D eigenvalue weighted by Gasteiger charge is -2.02. The average molecular weight is 182 g/mol. The van der Waals surface area contributed by atoms with E-state index in [1.807, 2.05) is 0 Å². The van der Waals surface area contributed by atoms with Crippen LogP contribution in [0.1, 0.15) is 10.4 Å². The summed E-state index contributed by atoms with van der Waals surface area (Å²) >= 11 is 0. The third-order valence-corrected chi connectivity index (χ3v) is 1.40. The van der Waals surface area contributed by atoms with E-state index in [4.69, 9.17) is 4.74 Å². The van der Waals surface area contributed by atoms with Crippen molar-refractivity contribution >= 4 is 5.91 Å². The number of pyridine rings is 1. The van der Waals surface area contributed by atoms with Gasteiger partial charge in [-0.1, -0.05) is 0 Å². The molecule has 1 N–H and O–H groups in total. The summed E-state index contributed by atoms with van der Waals surface area (Å²) < 4.78 is 4.83. The van der Waals surface area contributed by atoms with Crippen LogP contribution in [0.3, 0.4) is 0 Å². The van der Waals surface area contributed by atoms with Gasteiger partial charge in [-0.2, -0.15) is 0 Å². The molecule has 0 aliphatic heterocycles. The van der Waals surface area contributed by atoms with Crippen molar-refractivity contribution in [3.05, 3.63) is 23.9 Å². The highest BCUT2D eigenvalue weighted by Crippen LogP contribution is 2.05. The van der Waals surface area contributed by atoms with Crippen molar-refractivity contribution in [1.82, 2.24) is 10.5 Å². The van der Waals surface area contributed by atoms with E-state index in [1.165, 1.54) is 20.4 Å². The molecular formula is C8H10N2O3. The molecule has 0 aromatic carbocycles. The van der Waals surface area contributed by atoms with Gasteiger partial charge in [-0.05, 0) is 6.07 Å². The van der Waals surface area contributed by atoms with Crippen molar-refractivity contribution in [2.24, 2.45) is 0 Å². The Morgan fingerprint density at radius 2 is 2.23 bits per heavy atom. The van der Waals surface area contributed by atoms with Crippen LogP contribution in [0.2, 0.25) is 0 Å². The number of amides is 1. The lowest BCUT2D eigenvalue weighted by Crippen LogP contribution is -2.21. The number of aromatic nitrogens is 1. The molecule has 5 heteroatoms. The molecule has 0 saturated heterocycles. The minimum absolute atomic E-state index is 0.336. The van der Waals surface area contributed by atoms with Gasteiger partial charge in [0.1, 0.15) is 0 Å². The zero-order valence-corrected chi connectivity index (χ0v) is 7.40. The molecular weight excluding hydrogens is 172 g/mol. The highest BCUT2D eigenvalue weighted by atomic mass is 16.6. The van der Waals surface area contributed by atoms with Crippen LogP contribution in [0, 0.1) is 0 Å². The summed E-state index contributed by atoms with van der Waals surface area (Å²) in [5.74, 6) is 0.131. The van der Waals surface area contributed by atoms with E-state index in [-0.39, 0.29) is 5.91 Å². The van der Waals surface area contributed by atoms with E-state index in [9.17, 15) is 4.79 Å². The fraction of sp³-hybridized carbons (Fsp3) is 0.250. The minimum atomic E-state index is -0.336. The maximum atomic E-state index is 11.1. The van der Waals surface area contributed by atoms with Crippen molar-refractivity contribution < 1.29 is 14.4 Å². The van der Waals surface area contributed by atoms with E-state index < -0.39 is 0 Å². The number of hydrogen-bond acceptors (Lipinski definition) is 4. The number of nitrogens with one attached hydrogen (secondary N) is 1. The Hall–Kier alpha value is -1.62. The van der Waals surface area contributed by atoms with Crippen LogP contribution in [0.4, 0.5) is 0 Å². The van der Waals surface area contributed by atoms with Gasteiger partial charge in [-0.25, -0.2) is 10.5 Å².